The Hall–Kier alpha value is -1.03. The Bertz CT molecular complexity index is 391. The van der Waals surface area contributed by atoms with E-state index in [9.17, 15) is 4.79 Å². The minimum absolute atomic E-state index is 0.117. The molecule has 1 heterocycles. The molecular formula is C10H15ClN2O2. The molecule has 0 saturated heterocycles. The lowest BCUT2D eigenvalue weighted by Crippen LogP contribution is -2.16. The maximum atomic E-state index is 11.1. The van der Waals surface area contributed by atoms with Crippen LogP contribution in [-0.2, 0) is 12.0 Å². The molecule has 1 rings (SSSR count). The minimum atomic E-state index is -1.02. The number of rotatable bonds is 2. The molecule has 4 nitrogen and oxygen atoms in total. The van der Waals surface area contributed by atoms with Gasteiger partial charge in [0.05, 0.1) is 5.69 Å². The van der Waals surface area contributed by atoms with E-state index in [2.05, 4.69) is 5.10 Å². The van der Waals surface area contributed by atoms with Gasteiger partial charge >= 0.3 is 5.97 Å². The summed E-state index contributed by atoms with van der Waals surface area (Å²) in [5.74, 6) is -1.02. The number of hydrogen-bond donors (Lipinski definition) is 1. The first kappa shape index (κ1) is 12.0. The summed E-state index contributed by atoms with van der Waals surface area (Å²) < 4.78 is 1.51. The molecule has 0 aromatic carbocycles. The maximum Gasteiger partial charge on any atom is 0.340 e. The van der Waals surface area contributed by atoms with Crippen LogP contribution in [0.1, 0.15) is 43.7 Å². The van der Waals surface area contributed by atoms with Crippen molar-refractivity contribution in [1.82, 2.24) is 9.78 Å². The molecule has 0 fully saturated rings. The highest BCUT2D eigenvalue weighted by atomic mass is 35.5. The molecule has 0 atom stereocenters. The first-order chi connectivity index (χ1) is 6.79. The van der Waals surface area contributed by atoms with Crippen molar-refractivity contribution in [2.75, 3.05) is 0 Å². The SMILES string of the molecule is CCn1nc(C(C)(C)C)c(C(=O)O)c1Cl. The standard InChI is InChI=1S/C10H15ClN2O2/c1-5-13-8(11)6(9(14)15)7(12-13)10(2,3)4/h5H2,1-4H3,(H,14,15). The predicted octanol–water partition coefficient (Wildman–Crippen LogP) is 2.55. The fourth-order valence-corrected chi connectivity index (χ4v) is 1.69. The number of carbonyl (C=O) groups is 1. The lowest BCUT2D eigenvalue weighted by atomic mass is 9.89. The molecule has 0 aliphatic heterocycles. The van der Waals surface area contributed by atoms with Crippen LogP contribution in [0.4, 0.5) is 0 Å². The van der Waals surface area contributed by atoms with Crippen LogP contribution in [-0.4, -0.2) is 20.9 Å². The number of hydrogen-bond acceptors (Lipinski definition) is 2. The van der Waals surface area contributed by atoms with Crippen molar-refractivity contribution in [1.29, 1.82) is 0 Å². The zero-order valence-electron chi connectivity index (χ0n) is 9.33. The molecule has 0 unspecified atom stereocenters. The number of aryl methyl sites for hydroxylation is 1. The van der Waals surface area contributed by atoms with Gasteiger partial charge in [-0.1, -0.05) is 32.4 Å². The van der Waals surface area contributed by atoms with Crippen molar-refractivity contribution in [3.8, 4) is 0 Å². The van der Waals surface area contributed by atoms with Gasteiger partial charge in [-0.25, -0.2) is 4.79 Å². The minimum Gasteiger partial charge on any atom is -0.478 e. The average Bonchev–Trinajstić information content (AvgIpc) is 2.41. The van der Waals surface area contributed by atoms with E-state index in [4.69, 9.17) is 16.7 Å². The van der Waals surface area contributed by atoms with E-state index in [1.165, 1.54) is 4.68 Å². The van der Waals surface area contributed by atoms with E-state index in [0.29, 0.717) is 12.2 Å². The summed E-state index contributed by atoms with van der Waals surface area (Å²) in [7, 11) is 0. The van der Waals surface area contributed by atoms with Gasteiger partial charge in [0, 0.05) is 12.0 Å². The lowest BCUT2D eigenvalue weighted by molar-refractivity contribution is 0.0694. The summed E-state index contributed by atoms with van der Waals surface area (Å²) in [6.07, 6.45) is 0. The molecule has 1 aromatic rings. The second kappa shape index (κ2) is 3.85. The van der Waals surface area contributed by atoms with Crippen LogP contribution in [0.5, 0.6) is 0 Å². The Morgan fingerprint density at radius 3 is 2.33 bits per heavy atom. The highest BCUT2D eigenvalue weighted by molar-refractivity contribution is 6.32. The largest absolute Gasteiger partial charge is 0.478 e. The second-order valence-corrected chi connectivity index (χ2v) is 4.74. The van der Waals surface area contributed by atoms with Gasteiger partial charge in [-0.05, 0) is 6.92 Å². The molecule has 0 aliphatic rings. The lowest BCUT2D eigenvalue weighted by Gasteiger charge is -2.15. The second-order valence-electron chi connectivity index (χ2n) is 4.39. The molecule has 1 N–H and O–H groups in total. The van der Waals surface area contributed by atoms with E-state index in [1.54, 1.807) is 0 Å². The Morgan fingerprint density at radius 1 is 1.53 bits per heavy atom. The summed E-state index contributed by atoms with van der Waals surface area (Å²) in [6, 6.07) is 0. The normalized spacial score (nSPS) is 11.8. The molecule has 0 bridgehead atoms. The van der Waals surface area contributed by atoms with Gasteiger partial charge in [-0.15, -0.1) is 0 Å². The molecule has 1 aromatic heterocycles. The molecule has 15 heavy (non-hydrogen) atoms. The molecule has 84 valence electrons. The molecule has 0 aliphatic carbocycles. The van der Waals surface area contributed by atoms with Gasteiger partial charge < -0.3 is 5.11 Å². The number of nitrogens with zero attached hydrogens (tertiary/aromatic N) is 2. The van der Waals surface area contributed by atoms with E-state index in [0.717, 1.165) is 0 Å². The summed E-state index contributed by atoms with van der Waals surface area (Å²) in [4.78, 5) is 11.1. The summed E-state index contributed by atoms with van der Waals surface area (Å²) in [5, 5.41) is 13.5. The Kier molecular flexibility index (Phi) is 3.09. The number of carboxylic acid groups (broad SMARTS) is 1. The monoisotopic (exact) mass is 230 g/mol. The first-order valence-electron chi connectivity index (χ1n) is 4.79. The van der Waals surface area contributed by atoms with Crippen LogP contribution in [0.25, 0.3) is 0 Å². The topological polar surface area (TPSA) is 55.1 Å². The van der Waals surface area contributed by atoms with Crippen molar-refractivity contribution in [2.24, 2.45) is 0 Å². The zero-order valence-corrected chi connectivity index (χ0v) is 10.1. The number of halogens is 1. The average molecular weight is 231 g/mol. The van der Waals surface area contributed by atoms with Crippen LogP contribution >= 0.6 is 11.6 Å². The number of aromatic carboxylic acids is 1. The van der Waals surface area contributed by atoms with Crippen LogP contribution in [0.3, 0.4) is 0 Å². The van der Waals surface area contributed by atoms with Gasteiger partial charge in [0.15, 0.2) is 0 Å². The fourth-order valence-electron chi connectivity index (χ4n) is 1.37. The van der Waals surface area contributed by atoms with Crippen molar-refractivity contribution in [2.45, 2.75) is 39.7 Å². The Labute approximate surface area is 93.9 Å². The fraction of sp³-hybridized carbons (Fsp3) is 0.600. The van der Waals surface area contributed by atoms with Crippen molar-refractivity contribution in [3.63, 3.8) is 0 Å². The highest BCUT2D eigenvalue weighted by Crippen LogP contribution is 2.29. The smallest absolute Gasteiger partial charge is 0.340 e. The summed E-state index contributed by atoms with van der Waals surface area (Å²) in [5.41, 5.74) is 0.325. The maximum absolute atomic E-state index is 11.1. The molecular weight excluding hydrogens is 216 g/mol. The quantitative estimate of drug-likeness (QED) is 0.850. The summed E-state index contributed by atoms with van der Waals surface area (Å²) in [6.45, 7) is 8.18. The van der Waals surface area contributed by atoms with Gasteiger partial charge in [-0.3, -0.25) is 4.68 Å². The molecule has 0 saturated carbocycles. The van der Waals surface area contributed by atoms with E-state index in [1.807, 2.05) is 27.7 Å². The molecule has 0 radical (unpaired) electrons. The first-order valence-corrected chi connectivity index (χ1v) is 5.17. The third-order valence-electron chi connectivity index (χ3n) is 2.11. The van der Waals surface area contributed by atoms with E-state index in [-0.39, 0.29) is 16.1 Å². The third-order valence-corrected chi connectivity index (χ3v) is 2.50. The van der Waals surface area contributed by atoms with Gasteiger partial charge in [0.25, 0.3) is 0 Å². The summed E-state index contributed by atoms with van der Waals surface area (Å²) >= 11 is 5.95. The van der Waals surface area contributed by atoms with Gasteiger partial charge in [-0.2, -0.15) is 5.10 Å². The van der Waals surface area contributed by atoms with Crippen molar-refractivity contribution in [3.05, 3.63) is 16.4 Å². The van der Waals surface area contributed by atoms with Crippen LogP contribution in [0.2, 0.25) is 5.15 Å². The van der Waals surface area contributed by atoms with Crippen molar-refractivity contribution >= 4 is 17.6 Å². The van der Waals surface area contributed by atoms with Crippen LogP contribution in [0.15, 0.2) is 0 Å². The Balaban J connectivity index is 3.45. The molecule has 0 spiro atoms. The van der Waals surface area contributed by atoms with Crippen LogP contribution in [0, 0.1) is 0 Å². The predicted molar refractivity (Wildman–Crippen MR) is 58.6 cm³/mol. The van der Waals surface area contributed by atoms with Gasteiger partial charge in [0.2, 0.25) is 0 Å². The molecule has 5 heteroatoms. The van der Waals surface area contributed by atoms with Crippen molar-refractivity contribution < 1.29 is 9.90 Å². The number of aromatic nitrogens is 2. The zero-order chi connectivity index (χ0) is 11.8. The highest BCUT2D eigenvalue weighted by Gasteiger charge is 2.29. The molecule has 0 amide bonds. The third kappa shape index (κ3) is 2.15. The Morgan fingerprint density at radius 2 is 2.07 bits per heavy atom. The van der Waals surface area contributed by atoms with E-state index >= 15 is 0 Å². The van der Waals surface area contributed by atoms with Gasteiger partial charge in [0.1, 0.15) is 10.7 Å². The van der Waals surface area contributed by atoms with E-state index < -0.39 is 5.97 Å². The number of carboxylic acids is 1. The van der Waals surface area contributed by atoms with Crippen LogP contribution < -0.4 is 0 Å².